The standard InChI is InChI=1S/C13H17ClOS/c1-9-4-5-12(10(2)6-9)13(3)15-11(7-14)8-16-13/h4-6,11H,7-8H2,1-3H3/t11-,13+/m0/s1. The number of rotatable bonds is 2. The topological polar surface area (TPSA) is 9.23 Å². The zero-order chi connectivity index (χ0) is 11.8. The smallest absolute Gasteiger partial charge is 0.137 e. The molecule has 1 heterocycles. The van der Waals surface area contributed by atoms with Gasteiger partial charge in [-0.2, -0.15) is 0 Å². The number of ether oxygens (including phenoxy) is 1. The summed E-state index contributed by atoms with van der Waals surface area (Å²) in [6.45, 7) is 6.40. The van der Waals surface area contributed by atoms with Crippen molar-refractivity contribution < 1.29 is 4.74 Å². The summed E-state index contributed by atoms with van der Waals surface area (Å²) in [4.78, 5) is -0.225. The number of hydrogen-bond donors (Lipinski definition) is 0. The Bertz CT molecular complexity index is 394. The van der Waals surface area contributed by atoms with Crippen LogP contribution in [0.3, 0.4) is 0 Å². The van der Waals surface area contributed by atoms with Gasteiger partial charge in [0.1, 0.15) is 4.93 Å². The molecule has 2 rings (SSSR count). The van der Waals surface area contributed by atoms with Gasteiger partial charge >= 0.3 is 0 Å². The van der Waals surface area contributed by atoms with Gasteiger partial charge < -0.3 is 4.74 Å². The second-order valence-corrected chi connectivity index (χ2v) is 6.18. The number of thioether (sulfide) groups is 1. The molecule has 0 radical (unpaired) electrons. The summed E-state index contributed by atoms with van der Waals surface area (Å²) in [5.74, 6) is 1.56. The van der Waals surface area contributed by atoms with Crippen molar-refractivity contribution in [2.75, 3.05) is 11.6 Å². The lowest BCUT2D eigenvalue weighted by atomic mass is 10.0. The predicted molar refractivity (Wildman–Crippen MR) is 71.3 cm³/mol. The van der Waals surface area contributed by atoms with Gasteiger partial charge in [-0.25, -0.2) is 0 Å². The molecule has 0 aliphatic carbocycles. The molecular formula is C13H17ClOS. The summed E-state index contributed by atoms with van der Waals surface area (Å²) in [5.41, 5.74) is 3.86. The van der Waals surface area contributed by atoms with E-state index < -0.39 is 0 Å². The van der Waals surface area contributed by atoms with Crippen LogP contribution in [0, 0.1) is 13.8 Å². The van der Waals surface area contributed by atoms with Crippen molar-refractivity contribution in [1.82, 2.24) is 0 Å². The van der Waals surface area contributed by atoms with Crippen LogP contribution in [0.1, 0.15) is 23.6 Å². The van der Waals surface area contributed by atoms with Gasteiger partial charge in [-0.05, 0) is 31.9 Å². The Balaban J connectivity index is 2.30. The highest BCUT2D eigenvalue weighted by Crippen LogP contribution is 2.45. The summed E-state index contributed by atoms with van der Waals surface area (Å²) < 4.78 is 6.04. The highest BCUT2D eigenvalue weighted by Gasteiger charge is 2.38. The lowest BCUT2D eigenvalue weighted by Crippen LogP contribution is -2.22. The molecular weight excluding hydrogens is 240 g/mol. The third kappa shape index (κ3) is 2.24. The van der Waals surface area contributed by atoms with E-state index in [1.807, 2.05) is 11.8 Å². The van der Waals surface area contributed by atoms with Gasteiger partial charge in [0.2, 0.25) is 0 Å². The molecule has 88 valence electrons. The number of benzene rings is 1. The maximum atomic E-state index is 6.04. The Morgan fingerprint density at radius 3 is 2.81 bits per heavy atom. The van der Waals surface area contributed by atoms with Crippen LogP contribution in [0.15, 0.2) is 18.2 Å². The molecule has 1 fully saturated rings. The molecule has 0 spiro atoms. The molecule has 1 aromatic carbocycles. The average Bonchev–Trinajstić information content (AvgIpc) is 2.61. The fourth-order valence-corrected chi connectivity index (χ4v) is 3.76. The summed E-state index contributed by atoms with van der Waals surface area (Å²) >= 11 is 7.69. The van der Waals surface area contributed by atoms with E-state index in [4.69, 9.17) is 16.3 Å². The maximum absolute atomic E-state index is 6.04. The van der Waals surface area contributed by atoms with Gasteiger partial charge in [-0.15, -0.1) is 23.4 Å². The normalized spacial score (nSPS) is 29.6. The van der Waals surface area contributed by atoms with Crippen molar-refractivity contribution in [3.63, 3.8) is 0 Å². The molecule has 0 saturated carbocycles. The van der Waals surface area contributed by atoms with Crippen LogP contribution in [0.5, 0.6) is 0 Å². The van der Waals surface area contributed by atoms with E-state index in [9.17, 15) is 0 Å². The van der Waals surface area contributed by atoms with Crippen LogP contribution in [-0.4, -0.2) is 17.7 Å². The Morgan fingerprint density at radius 2 is 2.25 bits per heavy atom. The van der Waals surface area contributed by atoms with Crippen molar-refractivity contribution in [1.29, 1.82) is 0 Å². The van der Waals surface area contributed by atoms with Crippen molar-refractivity contribution in [2.24, 2.45) is 0 Å². The molecule has 2 atom stereocenters. The number of aryl methyl sites for hydroxylation is 2. The van der Waals surface area contributed by atoms with Crippen LogP contribution < -0.4 is 0 Å². The fourth-order valence-electron chi connectivity index (χ4n) is 2.18. The molecule has 0 unspecified atom stereocenters. The van der Waals surface area contributed by atoms with Crippen molar-refractivity contribution in [3.8, 4) is 0 Å². The van der Waals surface area contributed by atoms with E-state index in [2.05, 4.69) is 39.0 Å². The first-order chi connectivity index (χ1) is 7.55. The minimum atomic E-state index is -0.225. The zero-order valence-electron chi connectivity index (χ0n) is 9.92. The summed E-state index contributed by atoms with van der Waals surface area (Å²) in [6.07, 6.45) is 0.178. The molecule has 0 aromatic heterocycles. The first kappa shape index (κ1) is 12.3. The minimum Gasteiger partial charge on any atom is -0.355 e. The van der Waals surface area contributed by atoms with Gasteiger partial charge in [0.15, 0.2) is 0 Å². The Labute approximate surface area is 107 Å². The third-order valence-corrected chi connectivity index (χ3v) is 4.73. The van der Waals surface area contributed by atoms with Crippen LogP contribution in [0.4, 0.5) is 0 Å². The lowest BCUT2D eigenvalue weighted by molar-refractivity contribution is 0.0127. The van der Waals surface area contributed by atoms with E-state index in [1.54, 1.807) is 0 Å². The molecule has 1 saturated heterocycles. The SMILES string of the molecule is Cc1ccc([C@]2(C)O[C@@H](CCl)CS2)c(C)c1. The predicted octanol–water partition coefficient (Wildman–Crippen LogP) is 3.85. The summed E-state index contributed by atoms with van der Waals surface area (Å²) in [5, 5.41) is 0. The first-order valence-electron chi connectivity index (χ1n) is 5.50. The molecule has 16 heavy (non-hydrogen) atoms. The minimum absolute atomic E-state index is 0.178. The number of halogens is 1. The van der Waals surface area contributed by atoms with Gasteiger partial charge in [-0.3, -0.25) is 0 Å². The highest BCUT2D eigenvalue weighted by molar-refractivity contribution is 8.00. The number of hydrogen-bond acceptors (Lipinski definition) is 2. The molecule has 1 aromatic rings. The third-order valence-electron chi connectivity index (χ3n) is 2.98. The van der Waals surface area contributed by atoms with Crippen LogP contribution in [0.2, 0.25) is 0 Å². The van der Waals surface area contributed by atoms with E-state index in [0.29, 0.717) is 5.88 Å². The van der Waals surface area contributed by atoms with E-state index in [0.717, 1.165) is 5.75 Å². The van der Waals surface area contributed by atoms with Gasteiger partial charge in [0.05, 0.1) is 6.10 Å². The molecule has 0 N–H and O–H groups in total. The molecule has 1 aliphatic heterocycles. The quantitative estimate of drug-likeness (QED) is 0.744. The Hall–Kier alpha value is -0.180. The van der Waals surface area contributed by atoms with Gasteiger partial charge in [-0.1, -0.05) is 23.8 Å². The second-order valence-electron chi connectivity index (χ2n) is 4.47. The average molecular weight is 257 g/mol. The van der Waals surface area contributed by atoms with E-state index in [-0.39, 0.29) is 11.0 Å². The highest BCUT2D eigenvalue weighted by atomic mass is 35.5. The van der Waals surface area contributed by atoms with E-state index >= 15 is 0 Å². The lowest BCUT2D eigenvalue weighted by Gasteiger charge is -2.26. The zero-order valence-corrected chi connectivity index (χ0v) is 11.5. The molecule has 0 amide bonds. The van der Waals surface area contributed by atoms with Crippen LogP contribution in [-0.2, 0) is 9.67 Å². The Morgan fingerprint density at radius 1 is 1.50 bits per heavy atom. The van der Waals surface area contributed by atoms with Crippen molar-refractivity contribution in [3.05, 3.63) is 34.9 Å². The molecule has 1 nitrogen and oxygen atoms in total. The monoisotopic (exact) mass is 256 g/mol. The Kier molecular flexibility index (Phi) is 3.53. The first-order valence-corrected chi connectivity index (χ1v) is 7.02. The maximum Gasteiger partial charge on any atom is 0.137 e. The van der Waals surface area contributed by atoms with Crippen molar-refractivity contribution >= 4 is 23.4 Å². The molecule has 3 heteroatoms. The second kappa shape index (κ2) is 4.59. The largest absolute Gasteiger partial charge is 0.355 e. The van der Waals surface area contributed by atoms with Gasteiger partial charge in [0.25, 0.3) is 0 Å². The molecule has 1 aliphatic rings. The summed E-state index contributed by atoms with van der Waals surface area (Å²) in [7, 11) is 0. The van der Waals surface area contributed by atoms with E-state index in [1.165, 1.54) is 16.7 Å². The van der Waals surface area contributed by atoms with Crippen LogP contribution >= 0.6 is 23.4 Å². The van der Waals surface area contributed by atoms with Crippen LogP contribution in [0.25, 0.3) is 0 Å². The summed E-state index contributed by atoms with van der Waals surface area (Å²) in [6, 6.07) is 6.53. The van der Waals surface area contributed by atoms with Gasteiger partial charge in [0, 0.05) is 11.6 Å². The van der Waals surface area contributed by atoms with Crippen molar-refractivity contribution in [2.45, 2.75) is 31.8 Å². The number of alkyl halides is 1. The molecule has 0 bridgehead atoms. The fraction of sp³-hybridized carbons (Fsp3) is 0.538.